The van der Waals surface area contributed by atoms with Crippen molar-refractivity contribution in [2.75, 3.05) is 5.32 Å². The van der Waals surface area contributed by atoms with Crippen molar-refractivity contribution in [3.8, 4) is 0 Å². The molecule has 5 heteroatoms. The van der Waals surface area contributed by atoms with Gasteiger partial charge in [0, 0.05) is 11.7 Å². The van der Waals surface area contributed by atoms with Crippen LogP contribution in [0.25, 0.3) is 0 Å². The molecule has 20 heavy (non-hydrogen) atoms. The highest BCUT2D eigenvalue weighted by atomic mass is 32.2. The Bertz CT molecular complexity index is 525. The minimum atomic E-state index is -3.45. The molecule has 1 aliphatic carbocycles. The Morgan fingerprint density at radius 2 is 1.85 bits per heavy atom. The summed E-state index contributed by atoms with van der Waals surface area (Å²) >= 11 is 0. The molecule has 1 aromatic carbocycles. The molecule has 0 aliphatic heterocycles. The van der Waals surface area contributed by atoms with Gasteiger partial charge in [-0.1, -0.05) is 31.9 Å². The fraction of sp³-hybridized carbons (Fsp3) is 0.600. The number of anilines is 1. The molecule has 2 rings (SSSR count). The summed E-state index contributed by atoms with van der Waals surface area (Å²) in [6.07, 6.45) is 6.30. The molecule has 0 bridgehead atoms. The summed E-state index contributed by atoms with van der Waals surface area (Å²) in [5.74, 6) is 0.729. The van der Waals surface area contributed by atoms with Crippen LogP contribution in [0.3, 0.4) is 0 Å². The van der Waals surface area contributed by atoms with Crippen molar-refractivity contribution < 1.29 is 8.42 Å². The van der Waals surface area contributed by atoms with Crippen LogP contribution in [0.5, 0.6) is 0 Å². The molecular weight excluding hydrogens is 272 g/mol. The van der Waals surface area contributed by atoms with Gasteiger partial charge in [-0.15, -0.1) is 0 Å². The van der Waals surface area contributed by atoms with E-state index in [0.29, 0.717) is 6.04 Å². The Morgan fingerprint density at radius 3 is 2.50 bits per heavy atom. The summed E-state index contributed by atoms with van der Waals surface area (Å²) in [5.41, 5.74) is 1.79. The van der Waals surface area contributed by atoms with E-state index in [4.69, 9.17) is 5.14 Å². The monoisotopic (exact) mass is 296 g/mol. The zero-order valence-corrected chi connectivity index (χ0v) is 12.8. The summed E-state index contributed by atoms with van der Waals surface area (Å²) in [7, 11) is -3.45. The predicted octanol–water partition coefficient (Wildman–Crippen LogP) is 2.86. The minimum Gasteiger partial charge on any atom is -0.382 e. The van der Waals surface area contributed by atoms with E-state index in [9.17, 15) is 8.42 Å². The molecule has 112 valence electrons. The average Bonchev–Trinajstić information content (AvgIpc) is 2.55. The van der Waals surface area contributed by atoms with Crippen molar-refractivity contribution in [3.05, 3.63) is 29.8 Å². The third kappa shape index (κ3) is 5.13. The zero-order chi connectivity index (χ0) is 14.6. The van der Waals surface area contributed by atoms with Crippen LogP contribution in [0, 0.1) is 5.92 Å². The molecule has 1 aromatic rings. The number of hydrogen-bond acceptors (Lipinski definition) is 3. The fourth-order valence-corrected chi connectivity index (χ4v) is 3.45. The second-order valence-electron chi connectivity index (χ2n) is 5.96. The molecule has 0 radical (unpaired) electrons. The van der Waals surface area contributed by atoms with Crippen LogP contribution in [0.2, 0.25) is 0 Å². The first kappa shape index (κ1) is 15.3. The van der Waals surface area contributed by atoms with Gasteiger partial charge in [0.15, 0.2) is 0 Å². The fourth-order valence-electron chi connectivity index (χ4n) is 2.80. The highest BCUT2D eigenvalue weighted by molar-refractivity contribution is 7.88. The molecule has 1 aliphatic rings. The third-order valence-electron chi connectivity index (χ3n) is 3.95. The van der Waals surface area contributed by atoms with E-state index < -0.39 is 10.0 Å². The van der Waals surface area contributed by atoms with E-state index in [2.05, 4.69) is 12.2 Å². The van der Waals surface area contributed by atoms with Crippen molar-refractivity contribution in [3.63, 3.8) is 0 Å². The van der Waals surface area contributed by atoms with Crippen LogP contribution in [0.15, 0.2) is 24.3 Å². The molecule has 0 heterocycles. The quantitative estimate of drug-likeness (QED) is 0.839. The van der Waals surface area contributed by atoms with Gasteiger partial charge in [-0.25, -0.2) is 13.6 Å². The summed E-state index contributed by atoms with van der Waals surface area (Å²) in [4.78, 5) is 0. The smallest absolute Gasteiger partial charge is 0.213 e. The number of hydrogen-bond donors (Lipinski definition) is 2. The van der Waals surface area contributed by atoms with Crippen molar-refractivity contribution in [2.24, 2.45) is 11.1 Å². The first-order valence-corrected chi connectivity index (χ1v) is 9.00. The SMILES string of the molecule is CC1CCCC(Nc2ccc(CS(N)(=O)=O)cc2)CC1. The van der Waals surface area contributed by atoms with Crippen LogP contribution in [0.1, 0.15) is 44.6 Å². The van der Waals surface area contributed by atoms with E-state index in [-0.39, 0.29) is 5.75 Å². The van der Waals surface area contributed by atoms with Gasteiger partial charge in [0.2, 0.25) is 10.0 Å². The van der Waals surface area contributed by atoms with E-state index >= 15 is 0 Å². The molecule has 0 saturated heterocycles. The number of primary sulfonamides is 1. The molecule has 0 spiro atoms. The van der Waals surface area contributed by atoms with Crippen molar-refractivity contribution in [1.82, 2.24) is 0 Å². The molecule has 1 saturated carbocycles. The Hall–Kier alpha value is -1.07. The maximum Gasteiger partial charge on any atom is 0.213 e. The lowest BCUT2D eigenvalue weighted by Gasteiger charge is -2.18. The first-order chi connectivity index (χ1) is 9.42. The van der Waals surface area contributed by atoms with Crippen LogP contribution in [-0.2, 0) is 15.8 Å². The zero-order valence-electron chi connectivity index (χ0n) is 12.0. The summed E-state index contributed by atoms with van der Waals surface area (Å²) in [5, 5.41) is 8.59. The lowest BCUT2D eigenvalue weighted by molar-refractivity contribution is 0.502. The topological polar surface area (TPSA) is 72.2 Å². The first-order valence-electron chi connectivity index (χ1n) is 7.28. The van der Waals surface area contributed by atoms with Gasteiger partial charge < -0.3 is 5.32 Å². The van der Waals surface area contributed by atoms with Gasteiger partial charge in [-0.3, -0.25) is 0 Å². The molecule has 4 nitrogen and oxygen atoms in total. The van der Waals surface area contributed by atoms with E-state index in [1.165, 1.54) is 32.1 Å². The lowest BCUT2D eigenvalue weighted by atomic mass is 10.0. The number of sulfonamides is 1. The van der Waals surface area contributed by atoms with Gasteiger partial charge in [0.25, 0.3) is 0 Å². The van der Waals surface area contributed by atoms with Gasteiger partial charge in [-0.05, 0) is 42.9 Å². The number of benzene rings is 1. The average molecular weight is 296 g/mol. The minimum absolute atomic E-state index is 0.103. The molecule has 2 atom stereocenters. The molecule has 0 amide bonds. The Labute approximate surface area is 121 Å². The van der Waals surface area contributed by atoms with Gasteiger partial charge in [-0.2, -0.15) is 0 Å². The number of rotatable bonds is 4. The second kappa shape index (κ2) is 6.59. The molecule has 0 aromatic heterocycles. The van der Waals surface area contributed by atoms with Crippen molar-refractivity contribution >= 4 is 15.7 Å². The van der Waals surface area contributed by atoms with Gasteiger partial charge in [0.05, 0.1) is 5.75 Å². The lowest BCUT2D eigenvalue weighted by Crippen LogP contribution is -2.18. The van der Waals surface area contributed by atoms with Crippen LogP contribution in [0.4, 0.5) is 5.69 Å². The Balaban J connectivity index is 1.93. The Morgan fingerprint density at radius 1 is 1.15 bits per heavy atom. The predicted molar refractivity (Wildman–Crippen MR) is 82.9 cm³/mol. The maximum absolute atomic E-state index is 11.0. The molecule has 2 unspecified atom stereocenters. The van der Waals surface area contributed by atoms with E-state index in [1.807, 2.05) is 24.3 Å². The van der Waals surface area contributed by atoms with Crippen LogP contribution < -0.4 is 10.5 Å². The van der Waals surface area contributed by atoms with Crippen LogP contribution >= 0.6 is 0 Å². The summed E-state index contributed by atoms with van der Waals surface area (Å²) < 4.78 is 22.1. The Kier molecular flexibility index (Phi) is 5.05. The second-order valence-corrected chi connectivity index (χ2v) is 7.57. The van der Waals surface area contributed by atoms with Crippen LogP contribution in [-0.4, -0.2) is 14.5 Å². The summed E-state index contributed by atoms with van der Waals surface area (Å²) in [6.45, 7) is 2.32. The molecule has 1 fully saturated rings. The normalized spacial score (nSPS) is 24.1. The highest BCUT2D eigenvalue weighted by Gasteiger charge is 2.15. The third-order valence-corrected chi connectivity index (χ3v) is 4.69. The standard InChI is InChI=1S/C15H24N2O2S/c1-12-3-2-4-14(8-5-12)17-15-9-6-13(7-10-15)11-20(16,18)19/h6-7,9-10,12,14,17H,2-5,8,11H2,1H3,(H2,16,18,19). The van der Waals surface area contributed by atoms with Crippen molar-refractivity contribution in [2.45, 2.75) is 50.8 Å². The molecular formula is C15H24N2O2S. The van der Waals surface area contributed by atoms with Crippen molar-refractivity contribution in [1.29, 1.82) is 0 Å². The van der Waals surface area contributed by atoms with Gasteiger partial charge >= 0.3 is 0 Å². The highest BCUT2D eigenvalue weighted by Crippen LogP contribution is 2.25. The number of nitrogens with one attached hydrogen (secondary N) is 1. The van der Waals surface area contributed by atoms with Gasteiger partial charge in [0.1, 0.15) is 0 Å². The summed E-state index contributed by atoms with van der Waals surface area (Å²) in [6, 6.07) is 8.06. The number of nitrogens with two attached hydrogens (primary N) is 1. The van der Waals surface area contributed by atoms with E-state index in [1.54, 1.807) is 0 Å². The van der Waals surface area contributed by atoms with E-state index in [0.717, 1.165) is 17.2 Å². The maximum atomic E-state index is 11.0. The largest absolute Gasteiger partial charge is 0.382 e. The molecule has 3 N–H and O–H groups in total.